The Balaban J connectivity index is 2.44. The second-order valence-corrected chi connectivity index (χ2v) is 3.45. The quantitative estimate of drug-likeness (QED) is 0.686. The van der Waals surface area contributed by atoms with Crippen LogP contribution in [-0.4, -0.2) is 9.78 Å². The molecule has 2 nitrogen and oxygen atoms in total. The molecule has 1 aromatic rings. The Morgan fingerprint density at radius 3 is 2.82 bits per heavy atom. The molecule has 0 bridgehead atoms. The van der Waals surface area contributed by atoms with Gasteiger partial charge >= 0.3 is 0 Å². The monoisotopic (exact) mass is 172 g/mol. The molecule has 0 saturated heterocycles. The topological polar surface area (TPSA) is 17.8 Å². The van der Waals surface area contributed by atoms with Gasteiger partial charge in [0, 0.05) is 6.54 Å². The van der Waals surface area contributed by atoms with E-state index in [4.69, 9.17) is 11.6 Å². The predicted octanol–water partition coefficient (Wildman–Crippen LogP) is 2.58. The number of hydrogen-bond donors (Lipinski definition) is 0. The third-order valence-electron chi connectivity index (χ3n) is 1.58. The number of aryl methyl sites for hydroxylation is 1. The summed E-state index contributed by atoms with van der Waals surface area (Å²) in [6, 6.07) is 1.81. The van der Waals surface area contributed by atoms with Crippen LogP contribution in [0.15, 0.2) is 12.3 Å². The minimum absolute atomic E-state index is 0.704. The molecule has 1 rings (SSSR count). The number of rotatable bonds is 3. The van der Waals surface area contributed by atoms with Crippen molar-refractivity contribution in [3.63, 3.8) is 0 Å². The fourth-order valence-corrected chi connectivity index (χ4v) is 1.05. The van der Waals surface area contributed by atoms with Crippen molar-refractivity contribution in [1.29, 1.82) is 0 Å². The highest BCUT2D eigenvalue weighted by atomic mass is 35.5. The van der Waals surface area contributed by atoms with Crippen LogP contribution in [0, 0.1) is 5.92 Å². The second-order valence-electron chi connectivity index (χ2n) is 3.06. The Bertz CT molecular complexity index is 218. The molecule has 3 heteroatoms. The van der Waals surface area contributed by atoms with Crippen LogP contribution < -0.4 is 0 Å². The molecular weight excluding hydrogens is 160 g/mol. The van der Waals surface area contributed by atoms with E-state index in [2.05, 4.69) is 18.9 Å². The van der Waals surface area contributed by atoms with E-state index in [0.717, 1.165) is 18.1 Å². The standard InChI is InChI=1S/C8H13ClN2/c1-7(2)4-6-11-8(9)3-5-10-11/h3,5,7H,4,6H2,1-2H3. The summed E-state index contributed by atoms with van der Waals surface area (Å²) < 4.78 is 1.82. The van der Waals surface area contributed by atoms with Crippen LogP contribution in [-0.2, 0) is 6.54 Å². The molecule has 0 atom stereocenters. The lowest BCUT2D eigenvalue weighted by Gasteiger charge is -2.04. The Morgan fingerprint density at radius 2 is 2.36 bits per heavy atom. The van der Waals surface area contributed by atoms with Crippen molar-refractivity contribution in [2.45, 2.75) is 26.8 Å². The third-order valence-corrected chi connectivity index (χ3v) is 1.90. The van der Waals surface area contributed by atoms with Crippen LogP contribution in [0.2, 0.25) is 5.15 Å². The van der Waals surface area contributed by atoms with Gasteiger partial charge in [-0.1, -0.05) is 25.4 Å². The third kappa shape index (κ3) is 2.54. The summed E-state index contributed by atoms with van der Waals surface area (Å²) in [5.74, 6) is 0.704. The average Bonchev–Trinajstić information content (AvgIpc) is 2.31. The molecule has 0 saturated carbocycles. The van der Waals surface area contributed by atoms with Crippen LogP contribution in [0.25, 0.3) is 0 Å². The normalized spacial score (nSPS) is 10.9. The van der Waals surface area contributed by atoms with Crippen molar-refractivity contribution >= 4 is 11.6 Å². The van der Waals surface area contributed by atoms with Crippen LogP contribution in [0.3, 0.4) is 0 Å². The van der Waals surface area contributed by atoms with Gasteiger partial charge in [-0.15, -0.1) is 0 Å². The zero-order valence-corrected chi connectivity index (χ0v) is 7.67. The van der Waals surface area contributed by atoms with Crippen LogP contribution in [0.1, 0.15) is 20.3 Å². The molecule has 0 aliphatic carbocycles. The van der Waals surface area contributed by atoms with Crippen molar-refractivity contribution in [2.24, 2.45) is 5.92 Å². The first-order valence-corrected chi connectivity index (χ1v) is 4.25. The molecule has 0 spiro atoms. The average molecular weight is 173 g/mol. The van der Waals surface area contributed by atoms with Gasteiger partial charge in [0.15, 0.2) is 0 Å². The summed E-state index contributed by atoms with van der Waals surface area (Å²) in [5.41, 5.74) is 0. The van der Waals surface area contributed by atoms with Crippen molar-refractivity contribution in [3.05, 3.63) is 17.4 Å². The predicted molar refractivity (Wildman–Crippen MR) is 46.7 cm³/mol. The van der Waals surface area contributed by atoms with E-state index < -0.39 is 0 Å². The Labute approximate surface area is 72.2 Å². The molecular formula is C8H13ClN2. The van der Waals surface area contributed by atoms with Gasteiger partial charge in [0.25, 0.3) is 0 Å². The molecule has 0 amide bonds. The highest BCUT2D eigenvalue weighted by molar-refractivity contribution is 6.29. The molecule has 0 aliphatic rings. The molecule has 1 heterocycles. The first-order valence-electron chi connectivity index (χ1n) is 3.87. The van der Waals surface area contributed by atoms with Gasteiger partial charge in [-0.2, -0.15) is 5.10 Å². The number of aromatic nitrogens is 2. The van der Waals surface area contributed by atoms with Gasteiger partial charge in [-0.3, -0.25) is 4.68 Å². The van der Waals surface area contributed by atoms with Gasteiger partial charge in [-0.05, 0) is 18.4 Å². The Morgan fingerprint density at radius 1 is 1.64 bits per heavy atom. The second kappa shape index (κ2) is 3.77. The van der Waals surface area contributed by atoms with Crippen molar-refractivity contribution in [1.82, 2.24) is 9.78 Å². The van der Waals surface area contributed by atoms with E-state index in [-0.39, 0.29) is 0 Å². The molecule has 11 heavy (non-hydrogen) atoms. The van der Waals surface area contributed by atoms with Gasteiger partial charge in [-0.25, -0.2) is 0 Å². The molecule has 0 fully saturated rings. The van der Waals surface area contributed by atoms with E-state index in [1.807, 2.05) is 10.7 Å². The Kier molecular flexibility index (Phi) is 2.94. The van der Waals surface area contributed by atoms with Crippen LogP contribution >= 0.6 is 11.6 Å². The summed E-state index contributed by atoms with van der Waals surface area (Å²) in [5, 5.41) is 4.80. The van der Waals surface area contributed by atoms with E-state index in [1.165, 1.54) is 0 Å². The summed E-state index contributed by atoms with van der Waals surface area (Å²) in [7, 11) is 0. The van der Waals surface area contributed by atoms with E-state index in [0.29, 0.717) is 5.92 Å². The van der Waals surface area contributed by atoms with Crippen molar-refractivity contribution in [2.75, 3.05) is 0 Å². The zero-order chi connectivity index (χ0) is 8.27. The summed E-state index contributed by atoms with van der Waals surface area (Å²) >= 11 is 5.82. The molecule has 62 valence electrons. The lowest BCUT2D eigenvalue weighted by Crippen LogP contribution is -2.02. The molecule has 1 aromatic heterocycles. The highest BCUT2D eigenvalue weighted by Gasteiger charge is 1.99. The lowest BCUT2D eigenvalue weighted by molar-refractivity contribution is 0.487. The minimum Gasteiger partial charge on any atom is -0.254 e. The van der Waals surface area contributed by atoms with Gasteiger partial charge in [0.1, 0.15) is 5.15 Å². The lowest BCUT2D eigenvalue weighted by atomic mass is 10.1. The first kappa shape index (κ1) is 8.60. The fraction of sp³-hybridized carbons (Fsp3) is 0.625. The van der Waals surface area contributed by atoms with Gasteiger partial charge in [0.05, 0.1) is 6.20 Å². The van der Waals surface area contributed by atoms with E-state index >= 15 is 0 Å². The summed E-state index contributed by atoms with van der Waals surface area (Å²) in [6.45, 7) is 5.30. The van der Waals surface area contributed by atoms with Crippen molar-refractivity contribution in [3.8, 4) is 0 Å². The zero-order valence-electron chi connectivity index (χ0n) is 6.92. The first-order chi connectivity index (χ1) is 5.20. The van der Waals surface area contributed by atoms with Crippen LogP contribution in [0.4, 0.5) is 0 Å². The highest BCUT2D eigenvalue weighted by Crippen LogP contribution is 2.09. The largest absolute Gasteiger partial charge is 0.254 e. The van der Waals surface area contributed by atoms with Gasteiger partial charge in [0.2, 0.25) is 0 Å². The van der Waals surface area contributed by atoms with E-state index in [9.17, 15) is 0 Å². The van der Waals surface area contributed by atoms with Crippen molar-refractivity contribution < 1.29 is 0 Å². The maximum Gasteiger partial charge on any atom is 0.127 e. The summed E-state index contributed by atoms with van der Waals surface area (Å²) in [6.07, 6.45) is 2.85. The minimum atomic E-state index is 0.704. The Hall–Kier alpha value is -0.500. The van der Waals surface area contributed by atoms with Gasteiger partial charge < -0.3 is 0 Å². The fourth-order valence-electron chi connectivity index (χ4n) is 0.862. The molecule has 0 N–H and O–H groups in total. The SMILES string of the molecule is CC(C)CCn1nccc1Cl. The molecule has 0 unspecified atom stereocenters. The van der Waals surface area contributed by atoms with E-state index in [1.54, 1.807) is 6.20 Å². The number of nitrogens with zero attached hydrogens (tertiary/aromatic N) is 2. The van der Waals surface area contributed by atoms with Crippen LogP contribution in [0.5, 0.6) is 0 Å². The maximum absolute atomic E-state index is 5.82. The summed E-state index contributed by atoms with van der Waals surface area (Å²) in [4.78, 5) is 0. The smallest absolute Gasteiger partial charge is 0.127 e. The molecule has 0 radical (unpaired) electrons. The molecule has 0 aliphatic heterocycles. The maximum atomic E-state index is 5.82. The number of hydrogen-bond acceptors (Lipinski definition) is 1. The molecule has 0 aromatic carbocycles. The number of halogens is 1.